The number of rotatable bonds is 3. The van der Waals surface area contributed by atoms with Crippen LogP contribution in [0.15, 0.2) is 36.4 Å². The molecule has 1 saturated heterocycles. The van der Waals surface area contributed by atoms with Crippen LogP contribution in [0.3, 0.4) is 0 Å². The topological polar surface area (TPSA) is 73.2 Å². The number of β-amino-alcohol motifs (C(OH)–C–C–N with tert-alkyl or cyclic N) is 2. The lowest BCUT2D eigenvalue weighted by Crippen LogP contribution is -2.32. The largest absolute Gasteiger partial charge is 0.420 e. The summed E-state index contributed by atoms with van der Waals surface area (Å²) in [4.78, 5) is 14.1. The first-order valence-electron chi connectivity index (χ1n) is 10.3. The van der Waals surface area contributed by atoms with Crippen molar-refractivity contribution in [1.82, 2.24) is 0 Å². The molecule has 0 bridgehead atoms. The maximum Gasteiger partial charge on any atom is 0.420 e. The number of ether oxygens (including phenoxy) is 1. The Morgan fingerprint density at radius 2 is 1.49 bits per heavy atom. The third-order valence-electron chi connectivity index (χ3n) is 4.98. The molecule has 0 aliphatic carbocycles. The van der Waals surface area contributed by atoms with Gasteiger partial charge >= 0.3 is 18.4 Å². The number of nitrogens with zero attached hydrogens (tertiary/aromatic N) is 2. The molecule has 1 fully saturated rings. The van der Waals surface area contributed by atoms with Crippen LogP contribution >= 0.6 is 0 Å². The normalized spacial score (nSPS) is 18.1. The minimum atomic E-state index is -5.35. The number of carbonyl (C=O) groups is 1. The summed E-state index contributed by atoms with van der Waals surface area (Å²) >= 11 is 0. The number of amides is 1. The van der Waals surface area contributed by atoms with Crippen LogP contribution in [0.4, 0.5) is 46.9 Å². The van der Waals surface area contributed by atoms with Gasteiger partial charge in [-0.2, -0.15) is 26.3 Å². The van der Waals surface area contributed by atoms with E-state index in [9.17, 15) is 45.7 Å². The van der Waals surface area contributed by atoms with Gasteiger partial charge in [0.05, 0.1) is 23.5 Å². The number of benzene rings is 2. The second-order valence-electron chi connectivity index (χ2n) is 7.31. The Morgan fingerprint density at radius 1 is 0.971 bits per heavy atom. The first-order valence-corrected chi connectivity index (χ1v) is 10.3. The van der Waals surface area contributed by atoms with Gasteiger partial charge in [-0.3, -0.25) is 4.90 Å². The predicted octanol–water partition coefficient (Wildman–Crippen LogP) is 5.07. The molecular formula is C22H23F7N2O4. The summed E-state index contributed by atoms with van der Waals surface area (Å²) in [6.45, 7) is 3.00. The molecule has 2 aromatic rings. The van der Waals surface area contributed by atoms with E-state index in [1.807, 2.05) is 13.8 Å². The number of aliphatic hydroxyl groups is 2. The van der Waals surface area contributed by atoms with E-state index in [1.165, 1.54) is 0 Å². The fourth-order valence-corrected chi connectivity index (χ4v) is 3.22. The molecule has 6 nitrogen and oxygen atoms in total. The van der Waals surface area contributed by atoms with Gasteiger partial charge in [0, 0.05) is 25.8 Å². The Morgan fingerprint density at radius 3 is 1.94 bits per heavy atom. The van der Waals surface area contributed by atoms with E-state index in [0.29, 0.717) is 6.07 Å². The molecule has 1 heterocycles. The van der Waals surface area contributed by atoms with E-state index in [2.05, 4.69) is 0 Å². The van der Waals surface area contributed by atoms with Gasteiger partial charge in [0.25, 0.3) is 0 Å². The third kappa shape index (κ3) is 6.54. The van der Waals surface area contributed by atoms with Gasteiger partial charge in [0.2, 0.25) is 0 Å². The van der Waals surface area contributed by atoms with Crippen molar-refractivity contribution in [3.63, 3.8) is 0 Å². The average Bonchev–Trinajstić information content (AvgIpc) is 3.11. The lowest BCUT2D eigenvalue weighted by molar-refractivity contribution is -0.143. The fourth-order valence-electron chi connectivity index (χ4n) is 3.22. The number of halogens is 7. The first kappa shape index (κ1) is 28.2. The summed E-state index contributed by atoms with van der Waals surface area (Å²) in [5.41, 5.74) is -4.28. The lowest BCUT2D eigenvalue weighted by atomic mass is 10.1. The van der Waals surface area contributed by atoms with Crippen LogP contribution in [-0.4, -0.2) is 48.7 Å². The number of aliphatic hydroxyl groups excluding tert-OH is 2. The molecule has 2 unspecified atom stereocenters. The third-order valence-corrected chi connectivity index (χ3v) is 4.98. The average molecular weight is 512 g/mol. The Labute approximate surface area is 196 Å². The van der Waals surface area contributed by atoms with E-state index in [-0.39, 0.29) is 11.8 Å². The van der Waals surface area contributed by atoms with Crippen LogP contribution in [0.5, 0.6) is 5.75 Å². The van der Waals surface area contributed by atoms with Crippen molar-refractivity contribution in [3.8, 4) is 5.75 Å². The monoisotopic (exact) mass is 512 g/mol. The Balaban J connectivity index is 0.00000210. The zero-order chi connectivity index (χ0) is 26.7. The van der Waals surface area contributed by atoms with Gasteiger partial charge in [0.1, 0.15) is 11.4 Å². The molecule has 1 aliphatic heterocycles. The summed E-state index contributed by atoms with van der Waals surface area (Å²) in [6, 6.07) is 4.41. The molecule has 35 heavy (non-hydrogen) atoms. The summed E-state index contributed by atoms with van der Waals surface area (Å²) in [5.74, 6) is -1.87. The quantitative estimate of drug-likeness (QED) is 0.563. The van der Waals surface area contributed by atoms with Crippen molar-refractivity contribution in [2.75, 3.05) is 29.9 Å². The van der Waals surface area contributed by atoms with Crippen LogP contribution in [-0.2, 0) is 12.4 Å². The minimum absolute atomic E-state index is 0.0374. The zero-order valence-corrected chi connectivity index (χ0v) is 18.8. The van der Waals surface area contributed by atoms with E-state index < -0.39 is 72.1 Å². The van der Waals surface area contributed by atoms with Crippen LogP contribution in [0.2, 0.25) is 0 Å². The molecule has 3 rings (SSSR count). The molecule has 194 valence electrons. The van der Waals surface area contributed by atoms with Crippen molar-refractivity contribution in [1.29, 1.82) is 0 Å². The molecule has 1 amide bonds. The van der Waals surface area contributed by atoms with E-state index in [1.54, 1.807) is 0 Å². The summed E-state index contributed by atoms with van der Waals surface area (Å²) in [7, 11) is 1.11. The summed E-state index contributed by atoms with van der Waals surface area (Å²) < 4.78 is 99.1. The molecule has 0 saturated carbocycles. The smallest absolute Gasteiger partial charge is 0.407 e. The second kappa shape index (κ2) is 10.7. The van der Waals surface area contributed by atoms with Gasteiger partial charge < -0.3 is 19.8 Å². The number of carbonyl (C=O) groups excluding carboxylic acids is 1. The van der Waals surface area contributed by atoms with Crippen molar-refractivity contribution in [2.45, 2.75) is 38.4 Å². The summed E-state index contributed by atoms with van der Waals surface area (Å²) in [6.07, 6.45) is -14.8. The Kier molecular flexibility index (Phi) is 8.61. The number of anilines is 2. The molecular weight excluding hydrogens is 489 g/mol. The van der Waals surface area contributed by atoms with E-state index in [4.69, 9.17) is 4.74 Å². The molecule has 0 aromatic heterocycles. The fraction of sp³-hybridized carbons (Fsp3) is 0.409. The molecule has 0 radical (unpaired) electrons. The maximum atomic E-state index is 13.7. The molecule has 1 aliphatic rings. The summed E-state index contributed by atoms with van der Waals surface area (Å²) in [5, 5.41) is 19.5. The van der Waals surface area contributed by atoms with Gasteiger partial charge in [-0.05, 0) is 36.4 Å². The van der Waals surface area contributed by atoms with Crippen LogP contribution in [0.25, 0.3) is 0 Å². The SMILES string of the molecule is CC.CN(C(=O)Oc1c(N2CC(O)C(O)C2)cc(C(F)(F)F)cc1C(F)(F)F)c1ccc(F)cc1. The number of hydrogen-bond donors (Lipinski definition) is 2. The van der Waals surface area contributed by atoms with Crippen LogP contribution in [0.1, 0.15) is 25.0 Å². The van der Waals surface area contributed by atoms with Crippen molar-refractivity contribution in [2.24, 2.45) is 0 Å². The highest BCUT2D eigenvalue weighted by Crippen LogP contribution is 2.46. The molecule has 2 N–H and O–H groups in total. The maximum absolute atomic E-state index is 13.7. The molecule has 0 spiro atoms. The first-order chi connectivity index (χ1) is 16.2. The highest BCUT2D eigenvalue weighted by molar-refractivity contribution is 5.89. The van der Waals surface area contributed by atoms with Crippen LogP contribution in [0, 0.1) is 5.82 Å². The van der Waals surface area contributed by atoms with Crippen molar-refractivity contribution in [3.05, 3.63) is 53.3 Å². The Hall–Kier alpha value is -3.06. The van der Waals surface area contributed by atoms with Crippen LogP contribution < -0.4 is 14.5 Å². The minimum Gasteiger partial charge on any atom is -0.407 e. The van der Waals surface area contributed by atoms with Gasteiger partial charge in [-0.1, -0.05) is 13.8 Å². The standard InChI is InChI=1S/C20H17F7N2O4.C2H6/c1-28(12-4-2-11(21)3-5-12)18(32)33-17-13(20(25,26)27)6-10(19(22,23)24)7-14(17)29-8-15(30)16(31)9-29;1-2/h2-7,15-16,30-31H,8-9H2,1H3;1-2H3. The van der Waals surface area contributed by atoms with Crippen molar-refractivity contribution < 1.29 is 50.5 Å². The highest BCUT2D eigenvalue weighted by atomic mass is 19.4. The van der Waals surface area contributed by atoms with Crippen molar-refractivity contribution >= 4 is 17.5 Å². The van der Waals surface area contributed by atoms with Gasteiger partial charge in [-0.15, -0.1) is 0 Å². The molecule has 2 aromatic carbocycles. The van der Waals surface area contributed by atoms with Gasteiger partial charge in [0.15, 0.2) is 5.75 Å². The molecule has 13 heteroatoms. The van der Waals surface area contributed by atoms with Gasteiger partial charge in [-0.25, -0.2) is 9.18 Å². The predicted molar refractivity (Wildman–Crippen MR) is 113 cm³/mol. The number of hydrogen-bond acceptors (Lipinski definition) is 5. The lowest BCUT2D eigenvalue weighted by Gasteiger charge is -2.26. The van der Waals surface area contributed by atoms with E-state index >= 15 is 0 Å². The Bertz CT molecular complexity index is 1020. The number of alkyl halides is 6. The second-order valence-corrected chi connectivity index (χ2v) is 7.31. The highest BCUT2D eigenvalue weighted by Gasteiger charge is 2.43. The van der Waals surface area contributed by atoms with E-state index in [0.717, 1.165) is 41.1 Å². The zero-order valence-electron chi connectivity index (χ0n) is 18.8. The molecule has 2 atom stereocenters.